The summed E-state index contributed by atoms with van der Waals surface area (Å²) in [5, 5.41) is 7.51. The van der Waals surface area contributed by atoms with E-state index in [2.05, 4.69) is 20.1 Å². The smallest absolute Gasteiger partial charge is 0.432 e. The number of aromatic nitrogens is 3. The molecule has 166 valence electrons. The zero-order valence-corrected chi connectivity index (χ0v) is 16.3. The van der Waals surface area contributed by atoms with Crippen LogP contribution >= 0.6 is 11.3 Å². The number of benzene rings is 1. The third-order valence-corrected chi connectivity index (χ3v) is 5.02. The zero-order valence-electron chi connectivity index (χ0n) is 15.5. The topological polar surface area (TPSA) is 68.5 Å². The Bertz CT molecular complexity index is 1290. The van der Waals surface area contributed by atoms with Crippen molar-refractivity contribution < 1.29 is 35.9 Å². The Morgan fingerprint density at radius 1 is 1.16 bits per heavy atom. The van der Waals surface area contributed by atoms with Crippen molar-refractivity contribution in [3.8, 4) is 16.3 Å². The lowest BCUT2D eigenvalue weighted by molar-refractivity contribution is -0.142. The van der Waals surface area contributed by atoms with Crippen LogP contribution in [0.5, 0.6) is 5.75 Å². The van der Waals surface area contributed by atoms with Gasteiger partial charge in [-0.1, -0.05) is 6.07 Å². The first-order chi connectivity index (χ1) is 15.1. The number of halogens is 6. The molecule has 0 aliphatic heterocycles. The number of nitrogens with one attached hydrogen (secondary N) is 1. The summed E-state index contributed by atoms with van der Waals surface area (Å²) in [4.78, 5) is 17.2. The van der Waals surface area contributed by atoms with Crippen molar-refractivity contribution in [3.63, 3.8) is 0 Å². The summed E-state index contributed by atoms with van der Waals surface area (Å²) >= 11 is 1.18. The fourth-order valence-electron chi connectivity index (χ4n) is 2.82. The minimum absolute atomic E-state index is 0.0397. The lowest BCUT2D eigenvalue weighted by Gasteiger charge is -2.11. The highest BCUT2D eigenvalue weighted by Crippen LogP contribution is 2.34. The Hall–Kier alpha value is -3.61. The first-order valence-corrected chi connectivity index (χ1v) is 9.57. The fraction of sp³-hybridized carbons (Fsp3) is 0.105. The van der Waals surface area contributed by atoms with Gasteiger partial charge in [-0.25, -0.2) is 13.9 Å². The largest absolute Gasteiger partial charge is 0.433 e. The molecule has 0 aliphatic carbocycles. The van der Waals surface area contributed by atoms with Crippen LogP contribution in [-0.4, -0.2) is 27.1 Å². The summed E-state index contributed by atoms with van der Waals surface area (Å²) in [6, 6.07) is 7.54. The number of hydrogen-bond acceptors (Lipinski definition) is 5. The number of alkyl halides is 5. The van der Waals surface area contributed by atoms with Crippen LogP contribution in [-0.2, 0) is 6.18 Å². The first kappa shape index (κ1) is 21.6. The molecular formula is C19H10F6N4O2S. The van der Waals surface area contributed by atoms with Gasteiger partial charge in [0.25, 0.3) is 5.91 Å². The highest BCUT2D eigenvalue weighted by molar-refractivity contribution is 7.13. The SMILES string of the molecule is O=C(Nc1ccc(F)cc1OC(F)F)c1cc2nc(-c3cccs3)cc(C(F)(F)F)n2n1. The van der Waals surface area contributed by atoms with Crippen LogP contribution in [0.4, 0.5) is 32.0 Å². The molecule has 13 heteroatoms. The van der Waals surface area contributed by atoms with Gasteiger partial charge in [0.2, 0.25) is 0 Å². The minimum Gasteiger partial charge on any atom is -0.432 e. The number of nitrogens with zero attached hydrogens (tertiary/aromatic N) is 3. The number of anilines is 1. The van der Waals surface area contributed by atoms with E-state index >= 15 is 0 Å². The summed E-state index contributed by atoms with van der Waals surface area (Å²) in [5.41, 5.74) is -2.17. The second kappa shape index (κ2) is 8.15. The van der Waals surface area contributed by atoms with Crippen molar-refractivity contribution in [2.45, 2.75) is 12.8 Å². The monoisotopic (exact) mass is 472 g/mol. The van der Waals surface area contributed by atoms with E-state index in [4.69, 9.17) is 0 Å². The summed E-state index contributed by atoms with van der Waals surface area (Å²) in [5.74, 6) is -2.59. The molecule has 0 saturated heterocycles. The third kappa shape index (κ3) is 4.37. The van der Waals surface area contributed by atoms with Gasteiger partial charge in [0.1, 0.15) is 5.82 Å². The van der Waals surface area contributed by atoms with Gasteiger partial charge in [-0.2, -0.15) is 27.1 Å². The van der Waals surface area contributed by atoms with Gasteiger partial charge < -0.3 is 10.1 Å². The fourth-order valence-corrected chi connectivity index (χ4v) is 3.50. The van der Waals surface area contributed by atoms with Crippen molar-refractivity contribution in [2.24, 2.45) is 0 Å². The van der Waals surface area contributed by atoms with Gasteiger partial charge in [-0.05, 0) is 29.6 Å². The van der Waals surface area contributed by atoms with Gasteiger partial charge in [0.05, 0.1) is 16.3 Å². The lowest BCUT2D eigenvalue weighted by atomic mass is 10.2. The summed E-state index contributed by atoms with van der Waals surface area (Å²) in [6.45, 7) is -3.29. The number of hydrogen-bond donors (Lipinski definition) is 1. The quantitative estimate of drug-likeness (QED) is 0.391. The molecule has 0 fully saturated rings. The molecule has 0 saturated carbocycles. The first-order valence-electron chi connectivity index (χ1n) is 8.69. The molecule has 1 aromatic carbocycles. The van der Waals surface area contributed by atoms with E-state index in [1.165, 1.54) is 11.3 Å². The highest BCUT2D eigenvalue weighted by Gasteiger charge is 2.35. The Balaban J connectivity index is 1.74. The predicted molar refractivity (Wildman–Crippen MR) is 102 cm³/mol. The molecule has 0 spiro atoms. The van der Waals surface area contributed by atoms with Crippen LogP contribution < -0.4 is 10.1 Å². The lowest BCUT2D eigenvalue weighted by Crippen LogP contribution is -2.16. The van der Waals surface area contributed by atoms with E-state index in [-0.39, 0.29) is 17.0 Å². The molecular weight excluding hydrogens is 462 g/mol. The van der Waals surface area contributed by atoms with Crippen LogP contribution in [0.2, 0.25) is 0 Å². The predicted octanol–water partition coefficient (Wildman–Crippen LogP) is 5.47. The molecule has 0 bridgehead atoms. The van der Waals surface area contributed by atoms with Gasteiger partial charge in [0.15, 0.2) is 22.8 Å². The molecule has 0 atom stereocenters. The number of carbonyl (C=O) groups is 1. The Kier molecular flexibility index (Phi) is 5.50. The molecule has 6 nitrogen and oxygen atoms in total. The molecule has 3 aromatic heterocycles. The van der Waals surface area contributed by atoms with Crippen LogP contribution in [0.15, 0.2) is 47.8 Å². The van der Waals surface area contributed by atoms with E-state index < -0.39 is 41.6 Å². The van der Waals surface area contributed by atoms with E-state index in [9.17, 15) is 31.1 Å². The van der Waals surface area contributed by atoms with E-state index in [0.29, 0.717) is 15.5 Å². The molecule has 0 radical (unpaired) electrons. The van der Waals surface area contributed by atoms with Crippen LogP contribution in [0, 0.1) is 5.82 Å². The average Bonchev–Trinajstić information content (AvgIpc) is 3.37. The minimum atomic E-state index is -4.80. The van der Waals surface area contributed by atoms with E-state index in [1.807, 2.05) is 0 Å². The second-order valence-corrected chi connectivity index (χ2v) is 7.22. The molecule has 0 aliphatic rings. The Morgan fingerprint density at radius 2 is 1.94 bits per heavy atom. The number of amides is 1. The number of thiophene rings is 1. The number of fused-ring (bicyclic) bond motifs is 1. The molecule has 32 heavy (non-hydrogen) atoms. The van der Waals surface area contributed by atoms with Crippen molar-refractivity contribution in [1.29, 1.82) is 0 Å². The van der Waals surface area contributed by atoms with Crippen LogP contribution in [0.1, 0.15) is 16.2 Å². The zero-order chi connectivity index (χ0) is 23.0. The maximum Gasteiger partial charge on any atom is 0.433 e. The van der Waals surface area contributed by atoms with Gasteiger partial charge in [-0.15, -0.1) is 11.3 Å². The van der Waals surface area contributed by atoms with E-state index in [0.717, 1.165) is 24.3 Å². The second-order valence-electron chi connectivity index (χ2n) is 6.27. The molecule has 0 unspecified atom stereocenters. The molecule has 3 heterocycles. The van der Waals surface area contributed by atoms with Crippen LogP contribution in [0.25, 0.3) is 16.2 Å². The number of rotatable bonds is 5. The number of carbonyl (C=O) groups excluding carboxylic acids is 1. The molecule has 1 amide bonds. The van der Waals surface area contributed by atoms with Gasteiger partial charge in [-0.3, -0.25) is 4.79 Å². The highest BCUT2D eigenvalue weighted by atomic mass is 32.1. The summed E-state index contributed by atoms with van der Waals surface area (Å²) < 4.78 is 83.9. The van der Waals surface area contributed by atoms with Crippen molar-refractivity contribution in [3.05, 3.63) is 65.0 Å². The van der Waals surface area contributed by atoms with Crippen LogP contribution in [0.3, 0.4) is 0 Å². The Labute approximate surface area is 179 Å². The standard InChI is InChI=1S/C19H10F6N4O2S/c20-9-3-4-10(13(6-9)31-18(21)22)27-17(30)12-8-16-26-11(14-2-1-5-32-14)7-15(19(23,24)25)29(16)28-12/h1-8,18H,(H,27,30). The molecule has 4 aromatic rings. The molecule has 1 N–H and O–H groups in total. The van der Waals surface area contributed by atoms with Crippen molar-refractivity contribution >= 4 is 28.6 Å². The van der Waals surface area contributed by atoms with Crippen molar-refractivity contribution in [2.75, 3.05) is 5.32 Å². The van der Waals surface area contributed by atoms with E-state index in [1.54, 1.807) is 17.5 Å². The summed E-state index contributed by atoms with van der Waals surface area (Å²) in [6.07, 6.45) is -4.80. The average molecular weight is 472 g/mol. The maximum atomic E-state index is 13.6. The third-order valence-electron chi connectivity index (χ3n) is 4.13. The van der Waals surface area contributed by atoms with Crippen molar-refractivity contribution in [1.82, 2.24) is 14.6 Å². The number of ether oxygens (including phenoxy) is 1. The normalized spacial score (nSPS) is 11.8. The van der Waals surface area contributed by atoms with Gasteiger partial charge in [0, 0.05) is 12.1 Å². The Morgan fingerprint density at radius 3 is 2.59 bits per heavy atom. The molecule has 4 rings (SSSR count). The van der Waals surface area contributed by atoms with Gasteiger partial charge >= 0.3 is 12.8 Å². The maximum absolute atomic E-state index is 13.6. The summed E-state index contributed by atoms with van der Waals surface area (Å²) in [7, 11) is 0.